The highest BCUT2D eigenvalue weighted by Crippen LogP contribution is 2.13. The number of aliphatic carboxylic acids is 1. The van der Waals surface area contributed by atoms with Crippen LogP contribution in [0, 0.1) is 0 Å². The lowest BCUT2D eigenvalue weighted by Gasteiger charge is -2.25. The summed E-state index contributed by atoms with van der Waals surface area (Å²) in [4.78, 5) is 37.6. The van der Waals surface area contributed by atoms with E-state index in [0.717, 1.165) is 161 Å². The second kappa shape index (κ2) is 69.5. The van der Waals surface area contributed by atoms with E-state index in [4.69, 9.17) is 18.9 Å². The van der Waals surface area contributed by atoms with Crippen molar-refractivity contribution in [2.45, 2.75) is 232 Å². The molecule has 0 heterocycles. The molecule has 0 aromatic rings. The van der Waals surface area contributed by atoms with Gasteiger partial charge in [-0.1, -0.05) is 271 Å². The van der Waals surface area contributed by atoms with E-state index in [-0.39, 0.29) is 38.6 Å². The molecule has 0 aromatic heterocycles. The molecule has 0 aromatic carbocycles. The SMILES string of the molecule is CC/C=C\C/C=C\C/C=C\C/C=C\C/C=C\C/C=C\C/C=C\C/C=C\C/C=C\C/C=C\C/C=C\C/C=C\CCCCC(=O)OC(COC(=O)CCCCCCCCCC/C=C\C/C=C\C/C=C\C/C=C\C/C=C\C/C=C\CC)COC(OCC[N+](C)(C)C)C(=O)O. The van der Waals surface area contributed by atoms with E-state index in [1.165, 1.54) is 25.7 Å². The largest absolute Gasteiger partial charge is 0.477 e. The summed E-state index contributed by atoms with van der Waals surface area (Å²) in [5, 5.41) is 9.74. The molecule has 0 amide bonds. The summed E-state index contributed by atoms with van der Waals surface area (Å²) >= 11 is 0. The van der Waals surface area contributed by atoms with Gasteiger partial charge in [0.25, 0.3) is 6.29 Å². The summed E-state index contributed by atoms with van der Waals surface area (Å²) in [6.07, 6.45) is 108. The summed E-state index contributed by atoms with van der Waals surface area (Å²) in [6, 6.07) is 0. The van der Waals surface area contributed by atoms with E-state index in [1.54, 1.807) is 0 Å². The molecule has 0 saturated carbocycles. The lowest BCUT2D eigenvalue weighted by Crippen LogP contribution is -2.40. The van der Waals surface area contributed by atoms with Crippen LogP contribution in [-0.2, 0) is 33.3 Å². The molecule has 0 radical (unpaired) electrons. The predicted octanol–water partition coefficient (Wildman–Crippen LogP) is 22.1. The smallest absolute Gasteiger partial charge is 0.361 e. The number of carboxylic acid groups (broad SMARTS) is 1. The number of carbonyl (C=O) groups is 3. The van der Waals surface area contributed by atoms with Crippen LogP contribution >= 0.6 is 0 Å². The third-order valence-electron chi connectivity index (χ3n) is 13.7. The Morgan fingerprint density at radius 1 is 0.330 bits per heavy atom. The van der Waals surface area contributed by atoms with E-state index in [1.807, 2.05) is 21.1 Å². The average molecular weight is 1250 g/mol. The molecule has 506 valence electrons. The third kappa shape index (κ3) is 70.9. The standard InChI is InChI=1S/C82H125NO8/c1-6-8-10-12-14-16-18-20-22-24-26-28-30-32-34-35-36-37-38-39-40-41-42-43-44-45-47-49-51-53-55-57-59-61-63-65-67-69-71-73-80(85)91-78(77-90-82(81(86)87)88-75-74-83(3,4)5)76-89-79(84)72-70-68-66-64-62-60-58-56-54-52-50-48-46-33-31-29-27-25-23-21-19-17-15-13-11-9-7-2/h8-11,14-17,20-23,26-29,32-34,36-37,39-40,42-43,45-47,50-53,57,59,63,65,78,82H,6-7,12-13,18-19,24-25,30-31,35,38,41,44,48-49,54-56,58,60-62,64,66-77H2,1-5H3/p+1/b10-8-,11-9-,16-14-,17-15-,22-20-,23-21-,28-26-,29-27-,34-32-,37-36-,40-39-,43-42-,46-33-,47-45-,52-50-,53-51-,59-57-,65-63-. The van der Waals surface area contributed by atoms with Gasteiger partial charge in [0.2, 0.25) is 0 Å². The number of likely N-dealkylation sites (N-methyl/N-ethyl adjacent to an activating group) is 1. The number of nitrogens with zero attached hydrogens (tertiary/aromatic N) is 1. The highest BCUT2D eigenvalue weighted by molar-refractivity contribution is 5.71. The molecule has 9 nitrogen and oxygen atoms in total. The molecule has 0 spiro atoms. The van der Waals surface area contributed by atoms with Crippen molar-refractivity contribution in [3.63, 3.8) is 0 Å². The number of quaternary nitrogens is 1. The molecule has 0 saturated heterocycles. The Morgan fingerprint density at radius 3 is 0.901 bits per heavy atom. The summed E-state index contributed by atoms with van der Waals surface area (Å²) in [5.74, 6) is -2.11. The molecule has 2 unspecified atom stereocenters. The van der Waals surface area contributed by atoms with Gasteiger partial charge in [0.15, 0.2) is 6.10 Å². The summed E-state index contributed by atoms with van der Waals surface area (Å²) in [7, 11) is 5.94. The van der Waals surface area contributed by atoms with Gasteiger partial charge in [-0.15, -0.1) is 0 Å². The third-order valence-corrected chi connectivity index (χ3v) is 13.7. The van der Waals surface area contributed by atoms with Gasteiger partial charge in [-0.25, -0.2) is 4.79 Å². The van der Waals surface area contributed by atoms with Crippen molar-refractivity contribution < 1.29 is 42.9 Å². The van der Waals surface area contributed by atoms with Gasteiger partial charge < -0.3 is 28.5 Å². The number of carbonyl (C=O) groups excluding carboxylic acids is 2. The van der Waals surface area contributed by atoms with Gasteiger partial charge in [0, 0.05) is 12.8 Å². The Balaban J connectivity index is 4.32. The maximum absolute atomic E-state index is 12.9. The molecule has 9 heteroatoms. The maximum Gasteiger partial charge on any atom is 0.361 e. The maximum atomic E-state index is 12.9. The molecule has 0 aliphatic heterocycles. The topological polar surface area (TPSA) is 108 Å². The Labute approximate surface area is 556 Å². The first-order chi connectivity index (χ1) is 44.6. The van der Waals surface area contributed by atoms with Crippen molar-refractivity contribution in [1.29, 1.82) is 0 Å². The van der Waals surface area contributed by atoms with Gasteiger partial charge in [-0.3, -0.25) is 9.59 Å². The number of ether oxygens (including phenoxy) is 4. The van der Waals surface area contributed by atoms with Crippen LogP contribution in [-0.4, -0.2) is 87.4 Å². The molecule has 0 fully saturated rings. The fourth-order valence-electron chi connectivity index (χ4n) is 8.47. The predicted molar refractivity (Wildman–Crippen MR) is 391 cm³/mol. The average Bonchev–Trinajstić information content (AvgIpc) is 3.46. The lowest BCUT2D eigenvalue weighted by atomic mass is 10.1. The van der Waals surface area contributed by atoms with Crippen LogP contribution in [0.5, 0.6) is 0 Å². The molecule has 0 aliphatic rings. The zero-order chi connectivity index (χ0) is 66.1. The number of carboxylic acids is 1. The molecule has 1 N–H and O–H groups in total. The van der Waals surface area contributed by atoms with Crippen molar-refractivity contribution in [1.82, 2.24) is 0 Å². The van der Waals surface area contributed by atoms with Crippen molar-refractivity contribution >= 4 is 17.9 Å². The van der Waals surface area contributed by atoms with Gasteiger partial charge in [0.05, 0.1) is 34.4 Å². The minimum Gasteiger partial charge on any atom is -0.477 e. The van der Waals surface area contributed by atoms with Crippen LogP contribution in [0.3, 0.4) is 0 Å². The molecule has 2 atom stereocenters. The molecule has 0 aliphatic carbocycles. The number of unbranched alkanes of at least 4 members (excludes halogenated alkanes) is 10. The Kier molecular flexibility index (Phi) is 64.6. The quantitative estimate of drug-likeness (QED) is 0.0211. The van der Waals surface area contributed by atoms with E-state index in [9.17, 15) is 19.5 Å². The second-order valence-electron chi connectivity index (χ2n) is 23.4. The van der Waals surface area contributed by atoms with Crippen molar-refractivity contribution in [3.8, 4) is 0 Å². The molecule has 0 rings (SSSR count). The highest BCUT2D eigenvalue weighted by Gasteiger charge is 2.25. The van der Waals surface area contributed by atoms with E-state index in [0.29, 0.717) is 17.4 Å². The van der Waals surface area contributed by atoms with Crippen LogP contribution in [0.25, 0.3) is 0 Å². The first-order valence-electron chi connectivity index (χ1n) is 34.9. The Hall–Kier alpha value is -6.39. The normalized spacial score (nSPS) is 14.1. The van der Waals surface area contributed by atoms with Gasteiger partial charge >= 0.3 is 17.9 Å². The zero-order valence-corrected chi connectivity index (χ0v) is 57.6. The number of hydrogen-bond donors (Lipinski definition) is 1. The van der Waals surface area contributed by atoms with E-state index >= 15 is 0 Å². The van der Waals surface area contributed by atoms with Crippen molar-refractivity contribution in [3.05, 3.63) is 219 Å². The monoisotopic (exact) mass is 1250 g/mol. The first kappa shape index (κ1) is 84.6. The fraction of sp³-hybridized carbons (Fsp3) is 0.524. The van der Waals surface area contributed by atoms with E-state index in [2.05, 4.69) is 233 Å². The number of esters is 2. The zero-order valence-electron chi connectivity index (χ0n) is 57.6. The van der Waals surface area contributed by atoms with Crippen LogP contribution in [0.2, 0.25) is 0 Å². The first-order valence-corrected chi connectivity index (χ1v) is 34.9. The minimum absolute atomic E-state index is 0.165. The molecule has 0 bridgehead atoms. The Morgan fingerprint density at radius 2 is 0.593 bits per heavy atom. The van der Waals surface area contributed by atoms with Gasteiger partial charge in [-0.05, 0) is 154 Å². The summed E-state index contributed by atoms with van der Waals surface area (Å²) in [6.45, 7) is 4.55. The lowest BCUT2D eigenvalue weighted by molar-refractivity contribution is -0.870. The van der Waals surface area contributed by atoms with Crippen LogP contribution in [0.4, 0.5) is 0 Å². The fourth-order valence-corrected chi connectivity index (χ4v) is 8.47. The van der Waals surface area contributed by atoms with Crippen LogP contribution in [0.15, 0.2) is 219 Å². The van der Waals surface area contributed by atoms with Crippen LogP contribution in [0.1, 0.15) is 219 Å². The summed E-state index contributed by atoms with van der Waals surface area (Å²) < 4.78 is 22.9. The van der Waals surface area contributed by atoms with Crippen molar-refractivity contribution in [2.24, 2.45) is 0 Å². The summed E-state index contributed by atoms with van der Waals surface area (Å²) in [5.41, 5.74) is 0. The molecule has 91 heavy (non-hydrogen) atoms. The van der Waals surface area contributed by atoms with Crippen molar-refractivity contribution in [2.75, 3.05) is 47.5 Å². The van der Waals surface area contributed by atoms with Gasteiger partial charge in [0.1, 0.15) is 13.2 Å². The van der Waals surface area contributed by atoms with Crippen LogP contribution < -0.4 is 0 Å². The Bertz CT molecular complexity index is 2300. The second-order valence-corrected chi connectivity index (χ2v) is 23.4. The number of rotatable bonds is 61. The van der Waals surface area contributed by atoms with Gasteiger partial charge in [-0.2, -0.15) is 0 Å². The highest BCUT2D eigenvalue weighted by atomic mass is 16.7. The molecular formula is C82H126NO8+. The number of hydrogen-bond acceptors (Lipinski definition) is 7. The number of allylic oxidation sites excluding steroid dienone is 36. The minimum atomic E-state index is -1.54. The van der Waals surface area contributed by atoms with E-state index < -0.39 is 24.3 Å². The molecular weight excluding hydrogens is 1130 g/mol.